The average Bonchev–Trinajstić information content (AvgIpc) is 3.18. The zero-order valence-corrected chi connectivity index (χ0v) is 19.4. The third-order valence-electron chi connectivity index (χ3n) is 5.99. The summed E-state index contributed by atoms with van der Waals surface area (Å²) in [7, 11) is 0. The summed E-state index contributed by atoms with van der Waals surface area (Å²) in [4.78, 5) is 11.1. The molecule has 4 aromatic carbocycles. The standard InChI is InChI=1S/C28H18F3N3O4/c29-28(30,31)18-12-14-19(15-13-18)34-23-7-2-1-4-21(23)24(26(34)36)33-32-22-6-3-5-20(25(22)35)16-8-10-17(11-9-16)27(37)38/h1-15,35-36H,(H,37,38). The fraction of sp³-hybridized carbons (Fsp3) is 0.0357. The van der Waals surface area contributed by atoms with Crippen molar-refractivity contribution in [3.8, 4) is 28.4 Å². The van der Waals surface area contributed by atoms with Crippen molar-refractivity contribution in [1.82, 2.24) is 4.57 Å². The summed E-state index contributed by atoms with van der Waals surface area (Å²) >= 11 is 0. The molecule has 0 unspecified atom stereocenters. The van der Waals surface area contributed by atoms with E-state index in [9.17, 15) is 28.2 Å². The van der Waals surface area contributed by atoms with E-state index >= 15 is 0 Å². The van der Waals surface area contributed by atoms with Gasteiger partial charge in [-0.2, -0.15) is 13.2 Å². The molecule has 0 aliphatic rings. The van der Waals surface area contributed by atoms with Crippen LogP contribution < -0.4 is 0 Å². The molecule has 0 aliphatic carbocycles. The molecule has 5 aromatic rings. The van der Waals surface area contributed by atoms with Gasteiger partial charge < -0.3 is 15.3 Å². The molecule has 5 rings (SSSR count). The van der Waals surface area contributed by atoms with Gasteiger partial charge >= 0.3 is 12.1 Å². The summed E-state index contributed by atoms with van der Waals surface area (Å²) in [5.41, 5.74) is 1.19. The molecule has 7 nitrogen and oxygen atoms in total. The number of nitrogens with zero attached hydrogens (tertiary/aromatic N) is 3. The van der Waals surface area contributed by atoms with Crippen LogP contribution in [0, 0.1) is 0 Å². The number of rotatable bonds is 5. The Labute approximate surface area is 213 Å². The number of carboxylic acids is 1. The molecule has 0 fully saturated rings. The van der Waals surface area contributed by atoms with Crippen molar-refractivity contribution in [2.75, 3.05) is 0 Å². The summed E-state index contributed by atoms with van der Waals surface area (Å²) in [6.07, 6.45) is -4.49. The maximum atomic E-state index is 13.0. The van der Waals surface area contributed by atoms with E-state index in [4.69, 9.17) is 5.11 Å². The zero-order chi connectivity index (χ0) is 27.0. The van der Waals surface area contributed by atoms with Gasteiger partial charge in [0.15, 0.2) is 11.4 Å². The Morgan fingerprint density at radius 3 is 2.13 bits per heavy atom. The highest BCUT2D eigenvalue weighted by atomic mass is 19.4. The topological polar surface area (TPSA) is 107 Å². The third kappa shape index (κ3) is 4.43. The highest BCUT2D eigenvalue weighted by molar-refractivity contribution is 5.96. The van der Waals surface area contributed by atoms with E-state index in [1.807, 2.05) is 0 Å². The minimum absolute atomic E-state index is 0.0658. The van der Waals surface area contributed by atoms with Crippen molar-refractivity contribution in [3.63, 3.8) is 0 Å². The van der Waals surface area contributed by atoms with E-state index in [0.717, 1.165) is 12.1 Å². The molecular formula is C28H18F3N3O4. The molecule has 1 aromatic heterocycles. The van der Waals surface area contributed by atoms with E-state index in [1.54, 1.807) is 48.5 Å². The lowest BCUT2D eigenvalue weighted by atomic mass is 10.0. The lowest BCUT2D eigenvalue weighted by Gasteiger charge is -2.10. The Bertz CT molecular complexity index is 1690. The van der Waals surface area contributed by atoms with Crippen LogP contribution in [0.5, 0.6) is 11.6 Å². The normalized spacial score (nSPS) is 11.9. The first-order chi connectivity index (χ1) is 18.1. The number of hydrogen-bond acceptors (Lipinski definition) is 5. The minimum Gasteiger partial charge on any atom is -0.505 e. The number of alkyl halides is 3. The number of carboxylic acid groups (broad SMARTS) is 1. The molecule has 1 heterocycles. The minimum atomic E-state index is -4.49. The van der Waals surface area contributed by atoms with Crippen LogP contribution in [0.4, 0.5) is 24.5 Å². The third-order valence-corrected chi connectivity index (χ3v) is 5.99. The van der Waals surface area contributed by atoms with Crippen molar-refractivity contribution in [2.45, 2.75) is 6.18 Å². The highest BCUT2D eigenvalue weighted by Gasteiger charge is 2.30. The second-order valence-corrected chi connectivity index (χ2v) is 8.33. The summed E-state index contributed by atoms with van der Waals surface area (Å²) in [5, 5.41) is 39.7. The van der Waals surface area contributed by atoms with Gasteiger partial charge in [-0.25, -0.2) is 4.79 Å². The van der Waals surface area contributed by atoms with Crippen molar-refractivity contribution in [3.05, 3.63) is 102 Å². The molecular weight excluding hydrogens is 499 g/mol. The monoisotopic (exact) mass is 517 g/mol. The smallest absolute Gasteiger partial charge is 0.416 e. The number of hydrogen-bond donors (Lipinski definition) is 3. The largest absolute Gasteiger partial charge is 0.505 e. The van der Waals surface area contributed by atoms with E-state index in [-0.39, 0.29) is 28.6 Å². The first kappa shape index (κ1) is 24.6. The van der Waals surface area contributed by atoms with Gasteiger partial charge in [-0.1, -0.05) is 42.5 Å². The summed E-state index contributed by atoms with van der Waals surface area (Å²) in [6.45, 7) is 0. The Hall–Kier alpha value is -5.12. The summed E-state index contributed by atoms with van der Waals surface area (Å²) in [5.74, 6) is -1.61. The van der Waals surface area contributed by atoms with Gasteiger partial charge in [0.25, 0.3) is 0 Å². The maximum Gasteiger partial charge on any atom is 0.416 e. The molecule has 38 heavy (non-hydrogen) atoms. The fourth-order valence-corrected chi connectivity index (χ4v) is 4.11. The average molecular weight is 517 g/mol. The van der Waals surface area contributed by atoms with E-state index < -0.39 is 17.7 Å². The van der Waals surface area contributed by atoms with E-state index in [2.05, 4.69) is 10.2 Å². The Morgan fingerprint density at radius 2 is 1.47 bits per heavy atom. The Balaban J connectivity index is 1.55. The van der Waals surface area contributed by atoms with Crippen LogP contribution in [0.2, 0.25) is 0 Å². The van der Waals surface area contributed by atoms with Gasteiger partial charge in [0.1, 0.15) is 5.69 Å². The number of benzene rings is 4. The van der Waals surface area contributed by atoms with Gasteiger partial charge in [-0.15, -0.1) is 10.2 Å². The van der Waals surface area contributed by atoms with Gasteiger partial charge in [0.2, 0.25) is 5.88 Å². The number of phenolic OH excluding ortho intramolecular Hbond substituents is 1. The van der Waals surface area contributed by atoms with Crippen LogP contribution >= 0.6 is 0 Å². The molecule has 10 heteroatoms. The molecule has 0 saturated carbocycles. The first-order valence-corrected chi connectivity index (χ1v) is 11.2. The molecule has 0 saturated heterocycles. The van der Waals surface area contributed by atoms with Crippen molar-refractivity contribution in [2.24, 2.45) is 10.2 Å². The number of aromatic hydroxyl groups is 2. The molecule has 0 aliphatic heterocycles. The molecule has 0 amide bonds. The first-order valence-electron chi connectivity index (χ1n) is 11.2. The predicted octanol–water partition coefficient (Wildman–Crippen LogP) is 7.84. The Morgan fingerprint density at radius 1 is 0.789 bits per heavy atom. The highest BCUT2D eigenvalue weighted by Crippen LogP contribution is 2.43. The van der Waals surface area contributed by atoms with E-state index in [1.165, 1.54) is 34.9 Å². The SMILES string of the molecule is O=C(O)c1ccc(-c2cccc(N=Nc3c(O)n(-c4ccc(C(F)(F)F)cc4)c4ccccc34)c2O)cc1. The molecule has 0 spiro atoms. The number of para-hydroxylation sites is 2. The van der Waals surface area contributed by atoms with Crippen molar-refractivity contribution < 1.29 is 33.3 Å². The second-order valence-electron chi connectivity index (χ2n) is 8.33. The van der Waals surface area contributed by atoms with Crippen LogP contribution in [0.1, 0.15) is 15.9 Å². The lowest BCUT2D eigenvalue weighted by molar-refractivity contribution is -0.137. The van der Waals surface area contributed by atoms with Crippen LogP contribution in [0.15, 0.2) is 101 Å². The molecule has 0 bridgehead atoms. The number of halogens is 3. The van der Waals surface area contributed by atoms with Crippen LogP contribution in [0.25, 0.3) is 27.7 Å². The van der Waals surface area contributed by atoms with Crippen LogP contribution in [-0.2, 0) is 6.18 Å². The van der Waals surface area contributed by atoms with Crippen molar-refractivity contribution in [1.29, 1.82) is 0 Å². The van der Waals surface area contributed by atoms with Crippen molar-refractivity contribution >= 4 is 28.2 Å². The number of azo groups is 1. The second kappa shape index (κ2) is 9.40. The molecule has 3 N–H and O–H groups in total. The zero-order valence-electron chi connectivity index (χ0n) is 19.4. The number of fused-ring (bicyclic) bond motifs is 1. The fourth-order valence-electron chi connectivity index (χ4n) is 4.11. The lowest BCUT2D eigenvalue weighted by Crippen LogP contribution is -2.04. The maximum absolute atomic E-state index is 13.0. The number of aromatic nitrogens is 1. The summed E-state index contributed by atoms with van der Waals surface area (Å²) in [6, 6.07) is 21.9. The predicted molar refractivity (Wildman–Crippen MR) is 135 cm³/mol. The van der Waals surface area contributed by atoms with Crippen LogP contribution in [0.3, 0.4) is 0 Å². The van der Waals surface area contributed by atoms with Gasteiger partial charge in [-0.05, 0) is 54.1 Å². The molecule has 190 valence electrons. The van der Waals surface area contributed by atoms with Gasteiger partial charge in [0.05, 0.1) is 16.6 Å². The van der Waals surface area contributed by atoms with E-state index in [0.29, 0.717) is 27.7 Å². The molecule has 0 atom stereocenters. The Kier molecular flexibility index (Phi) is 6.08. The quantitative estimate of drug-likeness (QED) is 0.206. The molecule has 0 radical (unpaired) electrons. The van der Waals surface area contributed by atoms with Gasteiger partial charge in [0, 0.05) is 16.6 Å². The number of phenols is 1. The summed E-state index contributed by atoms with van der Waals surface area (Å²) < 4.78 is 40.4. The number of aromatic carboxylic acids is 1. The van der Waals surface area contributed by atoms with Crippen LogP contribution in [-0.4, -0.2) is 25.9 Å². The van der Waals surface area contributed by atoms with Gasteiger partial charge in [-0.3, -0.25) is 4.57 Å². The number of carbonyl (C=O) groups is 1.